The Kier molecular flexibility index (Phi) is 1.84. The van der Waals surface area contributed by atoms with Gasteiger partial charge in [-0.3, -0.25) is 0 Å². The Balaban J connectivity index is 2.38. The van der Waals surface area contributed by atoms with Crippen molar-refractivity contribution in [3.05, 3.63) is 11.6 Å². The lowest BCUT2D eigenvalue weighted by Gasteiger charge is -2.15. The van der Waals surface area contributed by atoms with Crippen molar-refractivity contribution < 1.29 is 0 Å². The molecule has 1 aromatic heterocycles. The molecule has 1 aromatic rings. The minimum atomic E-state index is 0.00403. The largest absolute Gasteiger partial charge is 0.322 e. The maximum Gasteiger partial charge on any atom is 0.149 e. The zero-order chi connectivity index (χ0) is 8.55. The maximum atomic E-state index is 5.76. The Morgan fingerprint density at radius 2 is 2.25 bits per heavy atom. The molecule has 66 valence electrons. The Labute approximate surface area is 71.8 Å². The summed E-state index contributed by atoms with van der Waals surface area (Å²) in [4.78, 5) is 0. The van der Waals surface area contributed by atoms with Gasteiger partial charge in [0.05, 0.1) is 6.04 Å². The minimum Gasteiger partial charge on any atom is -0.322 e. The smallest absolute Gasteiger partial charge is 0.149 e. The summed E-state index contributed by atoms with van der Waals surface area (Å²) in [7, 11) is 0. The Hall–Kier alpha value is -0.900. The van der Waals surface area contributed by atoms with Crippen LogP contribution in [0.15, 0.2) is 0 Å². The Bertz CT molecular complexity index is 277. The summed E-state index contributed by atoms with van der Waals surface area (Å²) in [6.07, 6.45) is 3.52. The van der Waals surface area contributed by atoms with Crippen molar-refractivity contribution in [1.82, 2.24) is 14.8 Å². The van der Waals surface area contributed by atoms with Gasteiger partial charge in [0.15, 0.2) is 0 Å². The number of fused-ring (bicyclic) bond motifs is 1. The lowest BCUT2D eigenvalue weighted by atomic mass is 10.1. The van der Waals surface area contributed by atoms with Gasteiger partial charge in [-0.15, -0.1) is 10.2 Å². The van der Waals surface area contributed by atoms with E-state index in [1.807, 2.05) is 6.92 Å². The topological polar surface area (TPSA) is 56.7 Å². The highest BCUT2D eigenvalue weighted by Crippen LogP contribution is 2.16. The molecule has 4 heteroatoms. The summed E-state index contributed by atoms with van der Waals surface area (Å²) in [5, 5.41) is 8.20. The van der Waals surface area contributed by atoms with Crippen molar-refractivity contribution in [2.24, 2.45) is 5.73 Å². The molecule has 0 aliphatic carbocycles. The fourth-order valence-corrected chi connectivity index (χ4v) is 1.67. The molecule has 0 fully saturated rings. The SMILES string of the molecule is C[C@H](N)c1nnc2n1CCCC2. The molecule has 0 spiro atoms. The van der Waals surface area contributed by atoms with Crippen molar-refractivity contribution in [2.75, 3.05) is 0 Å². The van der Waals surface area contributed by atoms with Crippen LogP contribution in [-0.2, 0) is 13.0 Å². The van der Waals surface area contributed by atoms with Crippen LogP contribution in [0, 0.1) is 0 Å². The standard InChI is InChI=1S/C8H14N4/c1-6(9)8-11-10-7-4-2-3-5-12(7)8/h6H,2-5,9H2,1H3/t6-/m0/s1. The first-order valence-corrected chi connectivity index (χ1v) is 4.46. The fraction of sp³-hybridized carbons (Fsp3) is 0.750. The second kappa shape index (κ2) is 2.86. The van der Waals surface area contributed by atoms with E-state index in [0.717, 1.165) is 24.6 Å². The molecule has 12 heavy (non-hydrogen) atoms. The van der Waals surface area contributed by atoms with Gasteiger partial charge in [0.25, 0.3) is 0 Å². The third-order valence-electron chi connectivity index (χ3n) is 2.30. The van der Waals surface area contributed by atoms with E-state index in [0.29, 0.717) is 0 Å². The van der Waals surface area contributed by atoms with Crippen LogP contribution in [0.1, 0.15) is 37.5 Å². The van der Waals surface area contributed by atoms with Crippen LogP contribution in [0.2, 0.25) is 0 Å². The molecule has 4 nitrogen and oxygen atoms in total. The van der Waals surface area contributed by atoms with E-state index in [2.05, 4.69) is 14.8 Å². The molecule has 2 heterocycles. The van der Waals surface area contributed by atoms with Gasteiger partial charge in [-0.25, -0.2) is 0 Å². The average Bonchev–Trinajstić information content (AvgIpc) is 2.47. The first kappa shape index (κ1) is 7.73. The number of hydrogen-bond acceptors (Lipinski definition) is 3. The lowest BCUT2D eigenvalue weighted by molar-refractivity contribution is 0.496. The van der Waals surface area contributed by atoms with Crippen LogP contribution in [0.3, 0.4) is 0 Å². The highest BCUT2D eigenvalue weighted by atomic mass is 15.3. The van der Waals surface area contributed by atoms with Gasteiger partial charge < -0.3 is 10.3 Å². The van der Waals surface area contributed by atoms with E-state index >= 15 is 0 Å². The van der Waals surface area contributed by atoms with Gasteiger partial charge >= 0.3 is 0 Å². The predicted molar refractivity (Wildman–Crippen MR) is 45.6 cm³/mol. The second-order valence-electron chi connectivity index (χ2n) is 3.37. The molecule has 0 saturated heterocycles. The summed E-state index contributed by atoms with van der Waals surface area (Å²) in [6, 6.07) is 0.00403. The van der Waals surface area contributed by atoms with Crippen LogP contribution in [0.5, 0.6) is 0 Å². The van der Waals surface area contributed by atoms with Crippen LogP contribution in [0.4, 0.5) is 0 Å². The molecule has 0 bridgehead atoms. The van der Waals surface area contributed by atoms with Gasteiger partial charge in [-0.05, 0) is 19.8 Å². The molecule has 0 radical (unpaired) electrons. The van der Waals surface area contributed by atoms with Crippen LogP contribution in [0.25, 0.3) is 0 Å². The number of nitrogens with two attached hydrogens (primary N) is 1. The lowest BCUT2D eigenvalue weighted by Crippen LogP contribution is -2.17. The molecular formula is C8H14N4. The van der Waals surface area contributed by atoms with E-state index in [1.54, 1.807) is 0 Å². The van der Waals surface area contributed by atoms with Gasteiger partial charge in [-0.2, -0.15) is 0 Å². The van der Waals surface area contributed by atoms with Crippen LogP contribution < -0.4 is 5.73 Å². The monoisotopic (exact) mass is 166 g/mol. The van der Waals surface area contributed by atoms with E-state index in [4.69, 9.17) is 5.73 Å². The van der Waals surface area contributed by atoms with Crippen molar-refractivity contribution in [3.8, 4) is 0 Å². The van der Waals surface area contributed by atoms with Gasteiger partial charge in [0, 0.05) is 13.0 Å². The molecular weight excluding hydrogens is 152 g/mol. The van der Waals surface area contributed by atoms with Crippen LogP contribution >= 0.6 is 0 Å². The Morgan fingerprint density at radius 3 is 3.00 bits per heavy atom. The summed E-state index contributed by atoms with van der Waals surface area (Å²) in [6.45, 7) is 2.99. The zero-order valence-electron chi connectivity index (χ0n) is 7.32. The van der Waals surface area contributed by atoms with E-state index in [1.165, 1.54) is 12.8 Å². The number of hydrogen-bond donors (Lipinski definition) is 1. The normalized spacial score (nSPS) is 18.8. The average molecular weight is 166 g/mol. The predicted octanol–water partition coefficient (Wildman–Crippen LogP) is 0.634. The van der Waals surface area contributed by atoms with Gasteiger partial charge in [0.1, 0.15) is 11.6 Å². The third kappa shape index (κ3) is 1.12. The second-order valence-corrected chi connectivity index (χ2v) is 3.37. The third-order valence-corrected chi connectivity index (χ3v) is 2.30. The molecule has 2 N–H and O–H groups in total. The summed E-state index contributed by atoms with van der Waals surface area (Å²) >= 11 is 0. The van der Waals surface area contributed by atoms with Gasteiger partial charge in [0.2, 0.25) is 0 Å². The van der Waals surface area contributed by atoms with E-state index in [9.17, 15) is 0 Å². The number of aromatic nitrogens is 3. The Morgan fingerprint density at radius 1 is 1.42 bits per heavy atom. The van der Waals surface area contributed by atoms with Gasteiger partial charge in [-0.1, -0.05) is 0 Å². The molecule has 1 aliphatic heterocycles. The fourth-order valence-electron chi connectivity index (χ4n) is 1.67. The summed E-state index contributed by atoms with van der Waals surface area (Å²) in [5.74, 6) is 2.04. The van der Waals surface area contributed by atoms with Crippen molar-refractivity contribution in [3.63, 3.8) is 0 Å². The molecule has 2 rings (SSSR count). The highest BCUT2D eigenvalue weighted by molar-refractivity contribution is 5.01. The van der Waals surface area contributed by atoms with Crippen LogP contribution in [-0.4, -0.2) is 14.8 Å². The quantitative estimate of drug-likeness (QED) is 0.666. The minimum absolute atomic E-state index is 0.00403. The zero-order valence-corrected chi connectivity index (χ0v) is 7.32. The summed E-state index contributed by atoms with van der Waals surface area (Å²) < 4.78 is 2.16. The molecule has 0 unspecified atom stereocenters. The molecule has 0 amide bonds. The first-order valence-electron chi connectivity index (χ1n) is 4.46. The molecule has 1 aliphatic rings. The highest BCUT2D eigenvalue weighted by Gasteiger charge is 2.17. The molecule has 0 saturated carbocycles. The van der Waals surface area contributed by atoms with E-state index in [-0.39, 0.29) is 6.04 Å². The number of nitrogens with zero attached hydrogens (tertiary/aromatic N) is 3. The molecule has 1 atom stereocenters. The number of rotatable bonds is 1. The summed E-state index contributed by atoms with van der Waals surface area (Å²) in [5.41, 5.74) is 5.76. The van der Waals surface area contributed by atoms with Crippen molar-refractivity contribution in [2.45, 2.75) is 38.8 Å². The van der Waals surface area contributed by atoms with Crippen molar-refractivity contribution >= 4 is 0 Å². The number of aryl methyl sites for hydroxylation is 1. The van der Waals surface area contributed by atoms with Crippen molar-refractivity contribution in [1.29, 1.82) is 0 Å². The van der Waals surface area contributed by atoms with E-state index < -0.39 is 0 Å². The maximum absolute atomic E-state index is 5.76. The molecule has 0 aromatic carbocycles. The first-order chi connectivity index (χ1) is 5.79.